The van der Waals surface area contributed by atoms with Gasteiger partial charge in [-0.3, -0.25) is 9.59 Å². The highest BCUT2D eigenvalue weighted by molar-refractivity contribution is 5.98. The van der Waals surface area contributed by atoms with Crippen LogP contribution in [-0.4, -0.2) is 45.3 Å². The maximum atomic E-state index is 12.7. The number of hydrogen-bond donors (Lipinski definition) is 1. The Morgan fingerprint density at radius 1 is 1.04 bits per heavy atom. The molecule has 0 radical (unpaired) electrons. The molecule has 2 amide bonds. The van der Waals surface area contributed by atoms with Crippen LogP contribution in [0.1, 0.15) is 21.7 Å². The summed E-state index contributed by atoms with van der Waals surface area (Å²) in [5.74, 6) is -0.630. The number of likely N-dealkylation sites (N-methyl/N-ethyl adjacent to an activating group) is 1. The van der Waals surface area contributed by atoms with E-state index in [4.69, 9.17) is 0 Å². The van der Waals surface area contributed by atoms with E-state index in [-0.39, 0.29) is 24.1 Å². The average Bonchev–Trinajstić information content (AvgIpc) is 3.04. The first-order valence-corrected chi connectivity index (χ1v) is 8.55. The summed E-state index contributed by atoms with van der Waals surface area (Å²) in [6, 6.07) is 16.9. The number of aromatic nitrogens is 3. The minimum Gasteiger partial charge on any atom is -0.331 e. The predicted molar refractivity (Wildman–Crippen MR) is 103 cm³/mol. The van der Waals surface area contributed by atoms with E-state index in [0.717, 1.165) is 11.3 Å². The number of rotatable bonds is 5. The number of carbonyl (C=O) groups is 2. The van der Waals surface area contributed by atoms with Crippen molar-refractivity contribution in [3.63, 3.8) is 0 Å². The lowest BCUT2D eigenvalue weighted by atomic mass is 10.2. The molecule has 0 aliphatic rings. The van der Waals surface area contributed by atoms with Crippen molar-refractivity contribution in [2.75, 3.05) is 18.9 Å². The summed E-state index contributed by atoms with van der Waals surface area (Å²) >= 11 is 0. The predicted octanol–water partition coefficient (Wildman–Crippen LogP) is 2.59. The van der Waals surface area contributed by atoms with E-state index in [9.17, 15) is 9.59 Å². The second-order valence-corrected chi connectivity index (χ2v) is 6.35. The molecule has 1 heterocycles. The van der Waals surface area contributed by atoms with Gasteiger partial charge in [0.1, 0.15) is 0 Å². The fourth-order valence-corrected chi connectivity index (χ4v) is 2.65. The summed E-state index contributed by atoms with van der Waals surface area (Å²) in [4.78, 5) is 26.2. The number of nitrogens with zero attached hydrogens (tertiary/aromatic N) is 4. The number of amides is 2. The monoisotopic (exact) mass is 363 g/mol. The van der Waals surface area contributed by atoms with Crippen molar-refractivity contribution in [2.45, 2.75) is 13.8 Å². The molecule has 2 aromatic carbocycles. The maximum Gasteiger partial charge on any atom is 0.276 e. The van der Waals surface area contributed by atoms with Crippen LogP contribution in [0.2, 0.25) is 0 Å². The first kappa shape index (κ1) is 18.3. The van der Waals surface area contributed by atoms with Gasteiger partial charge < -0.3 is 10.2 Å². The highest BCUT2D eigenvalue weighted by atomic mass is 16.2. The van der Waals surface area contributed by atoms with E-state index < -0.39 is 0 Å². The van der Waals surface area contributed by atoms with Crippen molar-refractivity contribution in [3.8, 4) is 5.69 Å². The van der Waals surface area contributed by atoms with Gasteiger partial charge in [-0.05, 0) is 38.1 Å². The van der Waals surface area contributed by atoms with Crippen molar-refractivity contribution in [1.82, 2.24) is 19.9 Å². The van der Waals surface area contributed by atoms with Crippen LogP contribution in [0.15, 0.2) is 54.6 Å². The molecule has 0 bridgehead atoms. The lowest BCUT2D eigenvalue weighted by Gasteiger charge is -2.16. The molecule has 0 aliphatic carbocycles. The molecule has 3 rings (SSSR count). The molecular weight excluding hydrogens is 342 g/mol. The van der Waals surface area contributed by atoms with E-state index in [1.54, 1.807) is 30.8 Å². The van der Waals surface area contributed by atoms with Crippen LogP contribution in [0, 0.1) is 13.8 Å². The van der Waals surface area contributed by atoms with Crippen molar-refractivity contribution < 1.29 is 9.59 Å². The van der Waals surface area contributed by atoms with Crippen molar-refractivity contribution in [3.05, 3.63) is 71.5 Å². The molecular formula is C20H21N5O2. The van der Waals surface area contributed by atoms with Gasteiger partial charge in [0.15, 0.2) is 5.69 Å². The Morgan fingerprint density at radius 2 is 1.70 bits per heavy atom. The van der Waals surface area contributed by atoms with Gasteiger partial charge in [-0.1, -0.05) is 41.1 Å². The molecule has 0 spiro atoms. The zero-order valence-corrected chi connectivity index (χ0v) is 15.5. The summed E-state index contributed by atoms with van der Waals surface area (Å²) in [6.07, 6.45) is 0. The van der Waals surface area contributed by atoms with E-state index in [0.29, 0.717) is 11.4 Å². The number of nitrogens with one attached hydrogen (secondary N) is 1. The van der Waals surface area contributed by atoms with Crippen LogP contribution in [0.4, 0.5) is 5.69 Å². The fourth-order valence-electron chi connectivity index (χ4n) is 2.65. The minimum absolute atomic E-state index is 0.0788. The lowest BCUT2D eigenvalue weighted by Crippen LogP contribution is -2.35. The van der Waals surface area contributed by atoms with Gasteiger partial charge in [-0.2, -0.15) is 0 Å². The van der Waals surface area contributed by atoms with Gasteiger partial charge in [0.25, 0.3) is 5.91 Å². The molecule has 0 saturated heterocycles. The fraction of sp³-hybridized carbons (Fsp3) is 0.200. The smallest absolute Gasteiger partial charge is 0.276 e. The molecule has 7 heteroatoms. The van der Waals surface area contributed by atoms with Gasteiger partial charge in [-0.25, -0.2) is 4.68 Å². The second kappa shape index (κ2) is 7.82. The summed E-state index contributed by atoms with van der Waals surface area (Å²) in [6.45, 7) is 3.71. The van der Waals surface area contributed by atoms with Crippen LogP contribution in [0.25, 0.3) is 5.69 Å². The average molecular weight is 363 g/mol. The third kappa shape index (κ3) is 4.20. The van der Waals surface area contributed by atoms with Gasteiger partial charge in [-0.15, -0.1) is 5.10 Å². The molecule has 138 valence electrons. The molecule has 0 saturated carbocycles. The van der Waals surface area contributed by atoms with E-state index in [2.05, 4.69) is 15.6 Å². The number of para-hydroxylation sites is 1. The molecule has 0 unspecified atom stereocenters. The van der Waals surface area contributed by atoms with Crippen LogP contribution >= 0.6 is 0 Å². The number of benzene rings is 2. The highest BCUT2D eigenvalue weighted by Crippen LogP contribution is 2.14. The van der Waals surface area contributed by atoms with E-state index in [1.807, 2.05) is 49.4 Å². The zero-order chi connectivity index (χ0) is 19.4. The van der Waals surface area contributed by atoms with Gasteiger partial charge in [0, 0.05) is 12.7 Å². The second-order valence-electron chi connectivity index (χ2n) is 6.35. The van der Waals surface area contributed by atoms with Crippen LogP contribution in [0.5, 0.6) is 0 Å². The highest BCUT2D eigenvalue weighted by Gasteiger charge is 2.22. The SMILES string of the molecule is Cc1ccc(-n2nnc(C(=O)N(C)CC(=O)Nc3ccccc3)c2C)cc1. The summed E-state index contributed by atoms with van der Waals surface area (Å²) in [5, 5.41) is 10.9. The Morgan fingerprint density at radius 3 is 2.37 bits per heavy atom. The van der Waals surface area contributed by atoms with E-state index >= 15 is 0 Å². The van der Waals surface area contributed by atoms with Gasteiger partial charge >= 0.3 is 0 Å². The number of carbonyl (C=O) groups excluding carboxylic acids is 2. The molecule has 1 aromatic heterocycles. The molecule has 27 heavy (non-hydrogen) atoms. The lowest BCUT2D eigenvalue weighted by molar-refractivity contribution is -0.116. The minimum atomic E-state index is -0.353. The molecule has 0 atom stereocenters. The number of anilines is 1. The Hall–Kier alpha value is -3.48. The Kier molecular flexibility index (Phi) is 5.30. The van der Waals surface area contributed by atoms with Crippen molar-refractivity contribution in [1.29, 1.82) is 0 Å². The maximum absolute atomic E-state index is 12.7. The Balaban J connectivity index is 1.70. The van der Waals surface area contributed by atoms with Gasteiger partial charge in [0.2, 0.25) is 5.91 Å². The third-order valence-electron chi connectivity index (χ3n) is 4.16. The molecule has 1 N–H and O–H groups in total. The van der Waals surface area contributed by atoms with E-state index in [1.165, 1.54) is 4.90 Å². The standard InChI is InChI=1S/C20H21N5O2/c1-14-9-11-17(12-10-14)25-15(2)19(22-23-25)20(27)24(3)13-18(26)21-16-7-5-4-6-8-16/h4-12H,13H2,1-3H3,(H,21,26). The van der Waals surface area contributed by atoms with Crippen LogP contribution in [0.3, 0.4) is 0 Å². The number of hydrogen-bond acceptors (Lipinski definition) is 4. The summed E-state index contributed by atoms with van der Waals surface area (Å²) in [5.41, 5.74) is 3.50. The van der Waals surface area contributed by atoms with Crippen molar-refractivity contribution >= 4 is 17.5 Å². The molecule has 3 aromatic rings. The first-order valence-electron chi connectivity index (χ1n) is 8.55. The topological polar surface area (TPSA) is 80.1 Å². The summed E-state index contributed by atoms with van der Waals surface area (Å²) in [7, 11) is 1.57. The summed E-state index contributed by atoms with van der Waals surface area (Å²) < 4.78 is 1.62. The Labute approximate surface area is 157 Å². The van der Waals surface area contributed by atoms with Gasteiger partial charge in [0.05, 0.1) is 17.9 Å². The number of aryl methyl sites for hydroxylation is 1. The molecule has 7 nitrogen and oxygen atoms in total. The van der Waals surface area contributed by atoms with Crippen LogP contribution < -0.4 is 5.32 Å². The molecule has 0 fully saturated rings. The normalized spacial score (nSPS) is 10.5. The quantitative estimate of drug-likeness (QED) is 0.756. The third-order valence-corrected chi connectivity index (χ3v) is 4.16. The largest absolute Gasteiger partial charge is 0.331 e. The molecule has 0 aliphatic heterocycles. The zero-order valence-electron chi connectivity index (χ0n) is 15.5. The first-order chi connectivity index (χ1) is 13.0. The van der Waals surface area contributed by atoms with Crippen molar-refractivity contribution in [2.24, 2.45) is 0 Å². The van der Waals surface area contributed by atoms with Crippen LogP contribution in [-0.2, 0) is 4.79 Å². The Bertz CT molecular complexity index is 948.